The molecule has 0 saturated heterocycles. The van der Waals surface area contributed by atoms with Crippen LogP contribution in [0.25, 0.3) is 0 Å². The number of aromatic nitrogens is 2. The second-order valence-corrected chi connectivity index (χ2v) is 9.95. The van der Waals surface area contributed by atoms with Crippen molar-refractivity contribution in [2.45, 2.75) is 20.3 Å². The van der Waals surface area contributed by atoms with Crippen LogP contribution in [-0.4, -0.2) is 13.1 Å². The molecule has 2 heterocycles. The number of rotatable bonds is 10. The van der Waals surface area contributed by atoms with Gasteiger partial charge in [-0.1, -0.05) is 0 Å². The number of azo groups is 2. The fourth-order valence-electron chi connectivity index (χ4n) is 3.35. The van der Waals surface area contributed by atoms with Crippen LogP contribution >= 0.6 is 22.7 Å². The highest BCUT2D eigenvalue weighted by Crippen LogP contribution is 2.26. The molecule has 0 aliphatic heterocycles. The standard InChI is InChI=1S/C25H28N8S2/c1-18-16-20(6-8-22(18)28-30-24-32(3)12-14-34-24)26-10-5-11-27-21-7-9-23(19(2)17-21)29-31-25-33(4)13-15-35-25/h6-9,12-17H,5,10-11H2,1-4H3/p+2. The Balaban J connectivity index is 1.22. The first-order chi connectivity index (χ1) is 17.0. The summed E-state index contributed by atoms with van der Waals surface area (Å²) in [6.45, 7) is 5.87. The van der Waals surface area contributed by atoms with Crippen LogP contribution < -0.4 is 19.8 Å². The van der Waals surface area contributed by atoms with Crippen molar-refractivity contribution in [1.29, 1.82) is 0 Å². The first kappa shape index (κ1) is 24.6. The Kier molecular flexibility index (Phi) is 8.27. The lowest BCUT2D eigenvalue weighted by Gasteiger charge is -2.10. The van der Waals surface area contributed by atoms with Crippen LogP contribution in [0.4, 0.5) is 33.0 Å². The van der Waals surface area contributed by atoms with Gasteiger partial charge in [0.2, 0.25) is 0 Å². The summed E-state index contributed by atoms with van der Waals surface area (Å²) in [5.41, 5.74) is 6.13. The number of hydrogen-bond donors (Lipinski definition) is 2. The van der Waals surface area contributed by atoms with Crippen LogP contribution in [-0.2, 0) is 14.1 Å². The van der Waals surface area contributed by atoms with E-state index in [1.165, 1.54) is 0 Å². The zero-order valence-electron chi connectivity index (χ0n) is 20.4. The molecule has 0 aliphatic carbocycles. The van der Waals surface area contributed by atoms with Gasteiger partial charge in [0.05, 0.1) is 24.3 Å². The zero-order valence-corrected chi connectivity index (χ0v) is 22.0. The van der Waals surface area contributed by atoms with Gasteiger partial charge >= 0.3 is 10.3 Å². The third-order valence-corrected chi connectivity index (χ3v) is 7.09. The number of thiazole rings is 2. The Bertz CT molecular complexity index is 1240. The largest absolute Gasteiger partial charge is 0.408 e. The predicted molar refractivity (Wildman–Crippen MR) is 143 cm³/mol. The van der Waals surface area contributed by atoms with E-state index >= 15 is 0 Å². The second kappa shape index (κ2) is 11.8. The number of benzene rings is 2. The molecule has 35 heavy (non-hydrogen) atoms. The highest BCUT2D eigenvalue weighted by atomic mass is 32.1. The average molecular weight is 507 g/mol. The predicted octanol–water partition coefficient (Wildman–Crippen LogP) is 6.82. The highest BCUT2D eigenvalue weighted by Gasteiger charge is 2.09. The SMILES string of the molecule is Cc1cc(NCCCNc2ccc(/N=N/c3scc[n+]3C)c(C)c2)ccc1/N=N/c1scc[n+]1C. The second-order valence-electron chi connectivity index (χ2n) is 8.20. The molecule has 0 spiro atoms. The summed E-state index contributed by atoms with van der Waals surface area (Å²) >= 11 is 3.14. The fraction of sp³-hybridized carbons (Fsp3) is 0.280. The smallest absolute Gasteiger partial charge is 0.385 e. The summed E-state index contributed by atoms with van der Waals surface area (Å²) in [5, 5.41) is 30.2. The summed E-state index contributed by atoms with van der Waals surface area (Å²) < 4.78 is 3.92. The maximum Gasteiger partial charge on any atom is 0.408 e. The van der Waals surface area contributed by atoms with Crippen molar-refractivity contribution < 1.29 is 9.13 Å². The molecule has 2 N–H and O–H groups in total. The Morgan fingerprint density at radius 2 is 1.14 bits per heavy atom. The average Bonchev–Trinajstić information content (AvgIpc) is 3.45. The molecule has 0 saturated carbocycles. The van der Waals surface area contributed by atoms with Gasteiger partial charge in [-0.25, -0.2) is 9.13 Å². The summed E-state index contributed by atoms with van der Waals surface area (Å²) in [6.07, 6.45) is 4.94. The molecule has 4 aromatic rings. The highest BCUT2D eigenvalue weighted by molar-refractivity contribution is 7.13. The van der Waals surface area contributed by atoms with Crippen molar-refractivity contribution in [3.8, 4) is 0 Å². The Hall–Kier alpha value is -3.50. The van der Waals surface area contributed by atoms with Crippen LogP contribution in [0, 0.1) is 13.8 Å². The van der Waals surface area contributed by atoms with Gasteiger partial charge in [-0.05, 0) is 101 Å². The monoisotopic (exact) mass is 506 g/mol. The molecule has 10 heteroatoms. The lowest BCUT2D eigenvalue weighted by atomic mass is 10.2. The molecule has 0 radical (unpaired) electrons. The number of aryl methyl sites for hydroxylation is 4. The molecule has 0 amide bonds. The van der Waals surface area contributed by atoms with Gasteiger partial charge in [0.1, 0.15) is 23.8 Å². The minimum Gasteiger partial charge on any atom is -0.385 e. The first-order valence-corrected chi connectivity index (χ1v) is 13.1. The van der Waals surface area contributed by atoms with Gasteiger partial charge in [-0.3, -0.25) is 0 Å². The molecule has 2 aromatic carbocycles. The molecular formula is C25H30N8S2+2. The first-order valence-electron chi connectivity index (χ1n) is 11.4. The summed E-state index contributed by atoms with van der Waals surface area (Å²) in [6, 6.07) is 12.3. The van der Waals surface area contributed by atoms with Crippen LogP contribution in [0.2, 0.25) is 0 Å². The van der Waals surface area contributed by atoms with E-state index in [2.05, 4.69) is 69.2 Å². The molecule has 0 fully saturated rings. The van der Waals surface area contributed by atoms with Gasteiger partial charge in [0.15, 0.2) is 0 Å². The van der Waals surface area contributed by atoms with E-state index in [1.54, 1.807) is 22.7 Å². The minimum atomic E-state index is 0.876. The Labute approximate surface area is 213 Å². The van der Waals surface area contributed by atoms with Gasteiger partial charge in [-0.15, -0.1) is 0 Å². The summed E-state index contributed by atoms with van der Waals surface area (Å²) in [5.74, 6) is 0. The van der Waals surface area contributed by atoms with Crippen LogP contribution in [0.1, 0.15) is 17.5 Å². The molecule has 0 aliphatic rings. The van der Waals surface area contributed by atoms with E-state index in [9.17, 15) is 0 Å². The van der Waals surface area contributed by atoms with Gasteiger partial charge < -0.3 is 10.6 Å². The summed E-state index contributed by atoms with van der Waals surface area (Å²) in [7, 11) is 3.94. The molecule has 8 nitrogen and oxygen atoms in total. The third kappa shape index (κ3) is 6.77. The topological polar surface area (TPSA) is 81.3 Å². The normalized spacial score (nSPS) is 11.5. The molecule has 180 valence electrons. The van der Waals surface area contributed by atoms with Gasteiger partial charge in [0.25, 0.3) is 0 Å². The summed E-state index contributed by atoms with van der Waals surface area (Å²) in [4.78, 5) is 0. The molecular weight excluding hydrogens is 476 g/mol. The van der Waals surface area contributed by atoms with Crippen molar-refractivity contribution in [1.82, 2.24) is 0 Å². The quantitative estimate of drug-likeness (QED) is 0.141. The Morgan fingerprint density at radius 3 is 1.51 bits per heavy atom. The number of nitrogens with one attached hydrogen (secondary N) is 2. The van der Waals surface area contributed by atoms with Crippen LogP contribution in [0.5, 0.6) is 0 Å². The van der Waals surface area contributed by atoms with Crippen molar-refractivity contribution in [2.24, 2.45) is 34.6 Å². The van der Waals surface area contributed by atoms with E-state index in [1.807, 2.05) is 58.5 Å². The lowest BCUT2D eigenvalue weighted by molar-refractivity contribution is -0.654. The van der Waals surface area contributed by atoms with E-state index in [0.29, 0.717) is 0 Å². The van der Waals surface area contributed by atoms with Crippen LogP contribution in [0.15, 0.2) is 80.0 Å². The van der Waals surface area contributed by atoms with E-state index in [-0.39, 0.29) is 0 Å². The zero-order chi connectivity index (χ0) is 24.6. The maximum absolute atomic E-state index is 4.40. The number of anilines is 2. The van der Waals surface area contributed by atoms with Gasteiger partial charge in [0, 0.05) is 35.2 Å². The van der Waals surface area contributed by atoms with Gasteiger partial charge in [-0.2, -0.15) is 0 Å². The fourth-order valence-corrected chi connectivity index (χ4v) is 4.71. The van der Waals surface area contributed by atoms with Crippen LogP contribution in [0.3, 0.4) is 0 Å². The lowest BCUT2D eigenvalue weighted by Crippen LogP contribution is -2.23. The Morgan fingerprint density at radius 1 is 0.686 bits per heavy atom. The van der Waals surface area contributed by atoms with E-state index < -0.39 is 0 Å². The van der Waals surface area contributed by atoms with Crippen molar-refractivity contribution >= 4 is 55.7 Å². The molecule has 0 atom stereocenters. The molecule has 4 rings (SSSR count). The maximum atomic E-state index is 4.40. The molecule has 0 unspecified atom stereocenters. The van der Waals surface area contributed by atoms with Crippen molar-refractivity contribution in [2.75, 3.05) is 23.7 Å². The van der Waals surface area contributed by atoms with Crippen molar-refractivity contribution in [3.63, 3.8) is 0 Å². The van der Waals surface area contributed by atoms with Crippen molar-refractivity contribution in [3.05, 3.63) is 70.7 Å². The number of hydrogen-bond acceptors (Lipinski definition) is 8. The molecule has 0 bridgehead atoms. The minimum absolute atomic E-state index is 0.876. The number of nitrogens with zero attached hydrogens (tertiary/aromatic N) is 6. The van der Waals surface area contributed by atoms with E-state index in [4.69, 9.17) is 0 Å². The van der Waals surface area contributed by atoms with E-state index in [0.717, 1.165) is 63.6 Å². The molecule has 2 aromatic heterocycles. The third-order valence-electron chi connectivity index (χ3n) is 5.41.